The van der Waals surface area contributed by atoms with E-state index >= 15 is 0 Å². The van der Waals surface area contributed by atoms with Crippen LogP contribution >= 0.6 is 0 Å². The third kappa shape index (κ3) is 4.46. The predicted octanol–water partition coefficient (Wildman–Crippen LogP) is 3.91. The molecule has 3 aromatic rings. The number of carbonyl (C=O) groups is 1. The van der Waals surface area contributed by atoms with Crippen LogP contribution in [-0.2, 0) is 0 Å². The largest absolute Gasteiger partial charge is 0.496 e. The second-order valence-electron chi connectivity index (χ2n) is 7.39. The zero-order valence-electron chi connectivity index (χ0n) is 17.7. The molecule has 7 nitrogen and oxygen atoms in total. The average Bonchev–Trinajstić information content (AvgIpc) is 2.81. The first-order valence-electron chi connectivity index (χ1n) is 10.1. The summed E-state index contributed by atoms with van der Waals surface area (Å²) in [5.74, 6) is -0.526. The van der Waals surface area contributed by atoms with Gasteiger partial charge in [0.15, 0.2) is 11.6 Å². The van der Waals surface area contributed by atoms with Crippen molar-refractivity contribution in [2.45, 2.75) is 13.0 Å². The Morgan fingerprint density at radius 1 is 1.06 bits per heavy atom. The molecule has 166 valence electrons. The summed E-state index contributed by atoms with van der Waals surface area (Å²) in [4.78, 5) is 25.3. The number of carbonyl (C=O) groups excluding carboxylic acids is 1. The minimum atomic E-state index is -0.999. The highest BCUT2D eigenvalue weighted by Crippen LogP contribution is 2.26. The molecule has 1 aliphatic heterocycles. The van der Waals surface area contributed by atoms with E-state index in [0.29, 0.717) is 36.8 Å². The number of hydrogen-bond donors (Lipinski definition) is 0. The minimum Gasteiger partial charge on any atom is -0.496 e. The summed E-state index contributed by atoms with van der Waals surface area (Å²) in [6.07, 6.45) is 1.35. The fourth-order valence-electron chi connectivity index (χ4n) is 3.66. The van der Waals surface area contributed by atoms with Crippen molar-refractivity contribution >= 4 is 11.7 Å². The lowest BCUT2D eigenvalue weighted by molar-refractivity contribution is 0.0670. The average molecular weight is 440 g/mol. The van der Waals surface area contributed by atoms with Gasteiger partial charge in [0.1, 0.15) is 23.6 Å². The van der Waals surface area contributed by atoms with Crippen molar-refractivity contribution in [3.63, 3.8) is 0 Å². The molecule has 0 radical (unpaired) electrons. The van der Waals surface area contributed by atoms with Gasteiger partial charge in [0.05, 0.1) is 12.7 Å². The molecule has 4 rings (SSSR count). The Labute approximate surface area is 184 Å². The molecule has 0 saturated carbocycles. The molecule has 1 atom stereocenters. The van der Waals surface area contributed by atoms with E-state index in [0.717, 1.165) is 12.1 Å². The molecule has 1 fully saturated rings. The number of amides is 1. The summed E-state index contributed by atoms with van der Waals surface area (Å²) in [7, 11) is 1.54. The van der Waals surface area contributed by atoms with Crippen LogP contribution in [-0.4, -0.2) is 53.6 Å². The van der Waals surface area contributed by atoms with Crippen LogP contribution in [0.5, 0.6) is 17.4 Å². The number of methoxy groups -OCH3 is 1. The topological polar surface area (TPSA) is 67.8 Å². The number of halogens is 2. The molecule has 2 heterocycles. The molecule has 2 aromatic carbocycles. The zero-order valence-corrected chi connectivity index (χ0v) is 17.7. The van der Waals surface area contributed by atoms with Gasteiger partial charge in [-0.2, -0.15) is 0 Å². The molecule has 0 bridgehead atoms. The van der Waals surface area contributed by atoms with E-state index in [-0.39, 0.29) is 23.6 Å². The smallest absolute Gasteiger partial charge is 0.257 e. The summed E-state index contributed by atoms with van der Waals surface area (Å²) in [5, 5.41) is 0. The number of piperazine rings is 1. The molecule has 0 aliphatic carbocycles. The molecule has 0 N–H and O–H groups in total. The molecular formula is C23H22F2N4O3. The van der Waals surface area contributed by atoms with Crippen molar-refractivity contribution in [2.75, 3.05) is 31.6 Å². The van der Waals surface area contributed by atoms with Crippen LogP contribution in [0.2, 0.25) is 0 Å². The van der Waals surface area contributed by atoms with Gasteiger partial charge in [0, 0.05) is 37.8 Å². The summed E-state index contributed by atoms with van der Waals surface area (Å²) >= 11 is 0. The molecule has 0 spiro atoms. The number of para-hydroxylation sites is 1. The van der Waals surface area contributed by atoms with Crippen molar-refractivity contribution in [2.24, 2.45) is 0 Å². The fraction of sp³-hybridized carbons (Fsp3) is 0.261. The van der Waals surface area contributed by atoms with E-state index in [1.54, 1.807) is 25.3 Å². The lowest BCUT2D eigenvalue weighted by atomic mass is 10.1. The zero-order chi connectivity index (χ0) is 22.7. The van der Waals surface area contributed by atoms with Crippen LogP contribution in [0.3, 0.4) is 0 Å². The van der Waals surface area contributed by atoms with Crippen molar-refractivity contribution in [1.29, 1.82) is 0 Å². The highest BCUT2D eigenvalue weighted by Gasteiger charge is 2.30. The monoisotopic (exact) mass is 440 g/mol. The van der Waals surface area contributed by atoms with E-state index in [4.69, 9.17) is 9.47 Å². The van der Waals surface area contributed by atoms with Crippen LogP contribution in [0.1, 0.15) is 17.3 Å². The van der Waals surface area contributed by atoms with Crippen molar-refractivity contribution in [1.82, 2.24) is 14.9 Å². The van der Waals surface area contributed by atoms with Gasteiger partial charge in [-0.1, -0.05) is 12.1 Å². The lowest BCUT2D eigenvalue weighted by Gasteiger charge is -2.40. The molecule has 0 unspecified atom stereocenters. The van der Waals surface area contributed by atoms with Gasteiger partial charge < -0.3 is 19.3 Å². The molecule has 9 heteroatoms. The van der Waals surface area contributed by atoms with E-state index in [9.17, 15) is 13.6 Å². The Balaban J connectivity index is 1.46. The molecular weight excluding hydrogens is 418 g/mol. The molecule has 1 amide bonds. The molecule has 1 aliphatic rings. The number of benzene rings is 2. The molecule has 1 saturated heterocycles. The lowest BCUT2D eigenvalue weighted by Crippen LogP contribution is -2.54. The second kappa shape index (κ2) is 9.17. The summed E-state index contributed by atoms with van der Waals surface area (Å²) in [5.41, 5.74) is 0.527. The van der Waals surface area contributed by atoms with Crippen molar-refractivity contribution in [3.05, 3.63) is 72.1 Å². The van der Waals surface area contributed by atoms with E-state index in [1.165, 1.54) is 12.4 Å². The predicted molar refractivity (Wildman–Crippen MR) is 114 cm³/mol. The van der Waals surface area contributed by atoms with Crippen LogP contribution in [0.15, 0.2) is 54.9 Å². The van der Waals surface area contributed by atoms with Gasteiger partial charge in [-0.3, -0.25) is 4.79 Å². The van der Waals surface area contributed by atoms with Gasteiger partial charge in [-0.15, -0.1) is 0 Å². The Hall–Kier alpha value is -3.75. The maximum atomic E-state index is 13.4. The number of ether oxygens (including phenoxy) is 2. The fourth-order valence-corrected chi connectivity index (χ4v) is 3.66. The maximum absolute atomic E-state index is 13.4. The Kier molecular flexibility index (Phi) is 6.16. The first-order chi connectivity index (χ1) is 15.5. The van der Waals surface area contributed by atoms with E-state index in [1.807, 2.05) is 28.9 Å². The number of rotatable bonds is 5. The number of nitrogens with zero attached hydrogens (tertiary/aromatic N) is 4. The third-order valence-electron chi connectivity index (χ3n) is 5.29. The van der Waals surface area contributed by atoms with E-state index < -0.39 is 11.6 Å². The third-order valence-corrected chi connectivity index (χ3v) is 5.29. The molecule has 1 aromatic heterocycles. The van der Waals surface area contributed by atoms with Gasteiger partial charge in [0.2, 0.25) is 5.88 Å². The second-order valence-corrected chi connectivity index (χ2v) is 7.39. The first kappa shape index (κ1) is 21.5. The summed E-state index contributed by atoms with van der Waals surface area (Å²) in [6, 6.07) is 12.0. The SMILES string of the molecule is COc1ccccc1C(=O)N1CCN(c2cc(Oc3ccc(F)c(F)c3)ncn2)C[C@@H]1C. The summed E-state index contributed by atoms with van der Waals surface area (Å²) in [6.45, 7) is 3.59. The first-order valence-corrected chi connectivity index (χ1v) is 10.1. The molecule has 32 heavy (non-hydrogen) atoms. The van der Waals surface area contributed by atoms with Gasteiger partial charge >= 0.3 is 0 Å². The normalized spacial score (nSPS) is 16.1. The minimum absolute atomic E-state index is 0.0771. The van der Waals surface area contributed by atoms with Crippen LogP contribution in [0, 0.1) is 11.6 Å². The summed E-state index contributed by atoms with van der Waals surface area (Å²) < 4.78 is 37.4. The van der Waals surface area contributed by atoms with Gasteiger partial charge in [-0.05, 0) is 31.2 Å². The standard InChI is InChI=1S/C23H22F2N4O3/c1-15-13-28(9-10-29(15)23(30)17-5-3-4-6-20(17)31-2)21-12-22(27-14-26-21)32-16-7-8-18(24)19(25)11-16/h3-8,11-12,14-15H,9-10,13H2,1-2H3/t15-/m0/s1. The highest BCUT2D eigenvalue weighted by molar-refractivity contribution is 5.97. The van der Waals surface area contributed by atoms with Crippen LogP contribution in [0.25, 0.3) is 0 Å². The number of hydrogen-bond acceptors (Lipinski definition) is 6. The van der Waals surface area contributed by atoms with Gasteiger partial charge in [-0.25, -0.2) is 18.7 Å². The van der Waals surface area contributed by atoms with E-state index in [2.05, 4.69) is 9.97 Å². The Bertz CT molecular complexity index is 1130. The van der Waals surface area contributed by atoms with Gasteiger partial charge in [0.25, 0.3) is 5.91 Å². The number of aromatic nitrogens is 2. The van der Waals surface area contributed by atoms with Crippen molar-refractivity contribution < 1.29 is 23.0 Å². The number of anilines is 1. The quantitative estimate of drug-likeness (QED) is 0.599. The Morgan fingerprint density at radius 2 is 1.88 bits per heavy atom. The van der Waals surface area contributed by atoms with Crippen LogP contribution in [0.4, 0.5) is 14.6 Å². The van der Waals surface area contributed by atoms with Crippen molar-refractivity contribution in [3.8, 4) is 17.4 Å². The van der Waals surface area contributed by atoms with Crippen LogP contribution < -0.4 is 14.4 Å². The Morgan fingerprint density at radius 3 is 2.62 bits per heavy atom. The highest BCUT2D eigenvalue weighted by atomic mass is 19.2. The maximum Gasteiger partial charge on any atom is 0.257 e.